The topological polar surface area (TPSA) is 151 Å². The normalized spacial score (nSPS) is 17.8. The van der Waals surface area contributed by atoms with E-state index in [2.05, 4.69) is 20.5 Å². The second-order valence-electron chi connectivity index (χ2n) is 7.86. The van der Waals surface area contributed by atoms with Crippen molar-refractivity contribution in [1.29, 1.82) is 0 Å². The molecule has 11 heteroatoms. The number of aromatic nitrogens is 3. The molecule has 1 aliphatic heterocycles. The van der Waals surface area contributed by atoms with Gasteiger partial charge in [-0.1, -0.05) is 23.7 Å². The predicted molar refractivity (Wildman–Crippen MR) is 119 cm³/mol. The molecule has 2 unspecified atom stereocenters. The fourth-order valence-electron chi connectivity index (χ4n) is 3.95. The van der Waals surface area contributed by atoms with Crippen LogP contribution in [0.2, 0.25) is 5.02 Å². The number of hydrogen-bond acceptors (Lipinski definition) is 5. The van der Waals surface area contributed by atoms with Crippen LogP contribution in [0.4, 0.5) is 0 Å². The molecule has 5 N–H and O–H groups in total. The lowest BCUT2D eigenvalue weighted by Gasteiger charge is -2.22. The van der Waals surface area contributed by atoms with Gasteiger partial charge in [0, 0.05) is 55.0 Å². The summed E-state index contributed by atoms with van der Waals surface area (Å²) in [5, 5.41) is 29.2. The highest BCUT2D eigenvalue weighted by atomic mass is 35.5. The molecule has 3 aromatic rings. The van der Waals surface area contributed by atoms with Gasteiger partial charge in [0.1, 0.15) is 17.4 Å². The number of aliphatic hydroxyl groups is 1. The highest BCUT2D eigenvalue weighted by Gasteiger charge is 2.37. The number of amides is 2. The predicted octanol–water partition coefficient (Wildman–Crippen LogP) is 2.02. The van der Waals surface area contributed by atoms with Gasteiger partial charge in [-0.2, -0.15) is 5.10 Å². The van der Waals surface area contributed by atoms with Crippen LogP contribution in [-0.2, 0) is 16.1 Å². The van der Waals surface area contributed by atoms with E-state index in [1.165, 1.54) is 17.9 Å². The van der Waals surface area contributed by atoms with Crippen molar-refractivity contribution < 1.29 is 24.6 Å². The molecule has 2 amide bonds. The standard InChI is InChI=1S/C22H22ClN5O5/c1-11(29)28-10-15(30)6-19(28)21(31)25-7-13-3-2-12(4-17(13)23)16-9-26-27-20(16)14-5-18(22(32)33)24-8-14/h2-5,8-9,15,19,24,30H,6-7,10H2,1H3,(H,25,31)(H,26,27)(H,32,33). The maximum absolute atomic E-state index is 12.6. The summed E-state index contributed by atoms with van der Waals surface area (Å²) < 4.78 is 0. The van der Waals surface area contributed by atoms with Crippen LogP contribution in [0.1, 0.15) is 29.4 Å². The third-order valence-corrected chi connectivity index (χ3v) is 5.98. The lowest BCUT2D eigenvalue weighted by atomic mass is 10.0. The third kappa shape index (κ3) is 4.62. The second kappa shape index (κ2) is 9.08. The third-order valence-electron chi connectivity index (χ3n) is 5.63. The molecule has 1 fully saturated rings. The molecule has 3 heterocycles. The summed E-state index contributed by atoms with van der Waals surface area (Å²) in [5.41, 5.74) is 3.42. The van der Waals surface area contributed by atoms with Gasteiger partial charge in [0.05, 0.1) is 6.10 Å². The number of rotatable bonds is 6. The van der Waals surface area contributed by atoms with Gasteiger partial charge < -0.3 is 25.4 Å². The molecule has 0 aliphatic carbocycles. The average molecular weight is 472 g/mol. The van der Waals surface area contributed by atoms with E-state index in [9.17, 15) is 19.5 Å². The average Bonchev–Trinajstić information content (AvgIpc) is 3.51. The van der Waals surface area contributed by atoms with Crippen molar-refractivity contribution in [2.45, 2.75) is 32.0 Å². The van der Waals surface area contributed by atoms with Crippen molar-refractivity contribution in [2.24, 2.45) is 0 Å². The van der Waals surface area contributed by atoms with E-state index in [0.29, 0.717) is 21.8 Å². The van der Waals surface area contributed by atoms with Gasteiger partial charge in [0.25, 0.3) is 0 Å². The second-order valence-corrected chi connectivity index (χ2v) is 8.26. The smallest absolute Gasteiger partial charge is 0.352 e. The first kappa shape index (κ1) is 22.6. The van der Waals surface area contributed by atoms with Crippen LogP contribution in [0.3, 0.4) is 0 Å². The molecule has 1 aromatic carbocycles. The van der Waals surface area contributed by atoms with Crippen LogP contribution < -0.4 is 5.32 Å². The number of H-pyrrole nitrogens is 2. The van der Waals surface area contributed by atoms with Crippen molar-refractivity contribution >= 4 is 29.4 Å². The zero-order chi connectivity index (χ0) is 23.7. The largest absolute Gasteiger partial charge is 0.477 e. The fraction of sp³-hybridized carbons (Fsp3) is 0.273. The molecule has 33 heavy (non-hydrogen) atoms. The molecule has 0 saturated carbocycles. The van der Waals surface area contributed by atoms with E-state index in [1.54, 1.807) is 24.5 Å². The van der Waals surface area contributed by atoms with Crippen molar-refractivity contribution in [1.82, 2.24) is 25.4 Å². The number of aliphatic hydroxyl groups excluding tert-OH is 1. The van der Waals surface area contributed by atoms with Crippen LogP contribution in [-0.4, -0.2) is 66.8 Å². The number of carboxylic acid groups (broad SMARTS) is 1. The maximum atomic E-state index is 12.6. The fourth-order valence-corrected chi connectivity index (χ4v) is 4.20. The van der Waals surface area contributed by atoms with E-state index in [0.717, 1.165) is 11.1 Å². The number of carbonyl (C=O) groups excluding carboxylic acids is 2. The van der Waals surface area contributed by atoms with Crippen molar-refractivity contribution in [2.75, 3.05) is 6.54 Å². The molecule has 4 rings (SSSR count). The van der Waals surface area contributed by atoms with Crippen molar-refractivity contribution in [3.8, 4) is 22.4 Å². The van der Waals surface area contributed by atoms with Crippen LogP contribution >= 0.6 is 11.6 Å². The molecule has 2 atom stereocenters. The Balaban J connectivity index is 1.48. The van der Waals surface area contributed by atoms with E-state index in [-0.39, 0.29) is 37.0 Å². The summed E-state index contributed by atoms with van der Waals surface area (Å²) >= 11 is 6.47. The number of aromatic carboxylic acids is 1. The number of likely N-dealkylation sites (tertiary alicyclic amines) is 1. The van der Waals surface area contributed by atoms with Crippen LogP contribution in [0.25, 0.3) is 22.4 Å². The summed E-state index contributed by atoms with van der Waals surface area (Å²) in [7, 11) is 0. The number of hydrogen-bond donors (Lipinski definition) is 5. The number of benzene rings is 1. The number of nitrogens with zero attached hydrogens (tertiary/aromatic N) is 2. The summed E-state index contributed by atoms with van der Waals surface area (Å²) in [6.45, 7) is 1.67. The Morgan fingerprint density at radius 3 is 2.70 bits per heavy atom. The van der Waals surface area contributed by atoms with E-state index in [1.807, 2.05) is 6.07 Å². The van der Waals surface area contributed by atoms with Gasteiger partial charge in [0.15, 0.2) is 0 Å². The summed E-state index contributed by atoms with van der Waals surface area (Å²) in [6, 6.07) is 6.14. The number of halogens is 1. The van der Waals surface area contributed by atoms with Crippen LogP contribution in [0.15, 0.2) is 36.7 Å². The Labute approximate surface area is 193 Å². The zero-order valence-electron chi connectivity index (χ0n) is 17.6. The SMILES string of the molecule is CC(=O)N1CC(O)CC1C(=O)NCc1ccc(-c2c[nH]nc2-c2c[nH]c(C(=O)O)c2)cc1Cl. The molecular formula is C22H22ClN5O5. The maximum Gasteiger partial charge on any atom is 0.352 e. The van der Waals surface area contributed by atoms with E-state index < -0.39 is 18.1 Å². The van der Waals surface area contributed by atoms with Crippen molar-refractivity contribution in [3.05, 3.63) is 52.9 Å². The first-order chi connectivity index (χ1) is 15.7. The summed E-state index contributed by atoms with van der Waals surface area (Å²) in [5.74, 6) is -1.67. The molecule has 172 valence electrons. The van der Waals surface area contributed by atoms with Gasteiger partial charge in [-0.3, -0.25) is 14.7 Å². The zero-order valence-corrected chi connectivity index (χ0v) is 18.4. The Morgan fingerprint density at radius 1 is 1.24 bits per heavy atom. The number of β-amino-alcohol motifs (C(OH)–C–C–N with tert-alkyl or cyclic N) is 1. The van der Waals surface area contributed by atoms with E-state index in [4.69, 9.17) is 16.7 Å². The number of aromatic amines is 2. The Bertz CT molecular complexity index is 1220. The highest BCUT2D eigenvalue weighted by molar-refractivity contribution is 6.31. The number of nitrogens with one attached hydrogen (secondary N) is 3. The van der Waals surface area contributed by atoms with Gasteiger partial charge in [-0.15, -0.1) is 0 Å². The Hall–Kier alpha value is -3.63. The van der Waals surface area contributed by atoms with Crippen LogP contribution in [0, 0.1) is 0 Å². The Kier molecular flexibility index (Phi) is 6.21. The van der Waals surface area contributed by atoms with Gasteiger partial charge >= 0.3 is 5.97 Å². The molecule has 1 aliphatic rings. The monoisotopic (exact) mass is 471 g/mol. The lowest BCUT2D eigenvalue weighted by molar-refractivity contribution is -0.137. The van der Waals surface area contributed by atoms with Gasteiger partial charge in [-0.25, -0.2) is 4.79 Å². The van der Waals surface area contributed by atoms with E-state index >= 15 is 0 Å². The molecule has 0 bridgehead atoms. The molecule has 1 saturated heterocycles. The minimum absolute atomic E-state index is 0.0567. The Morgan fingerprint density at radius 2 is 2.03 bits per heavy atom. The lowest BCUT2D eigenvalue weighted by Crippen LogP contribution is -2.44. The first-order valence-corrected chi connectivity index (χ1v) is 10.6. The molecule has 2 aromatic heterocycles. The minimum Gasteiger partial charge on any atom is -0.477 e. The molecular weight excluding hydrogens is 450 g/mol. The molecule has 0 spiro atoms. The molecule has 10 nitrogen and oxygen atoms in total. The summed E-state index contributed by atoms with van der Waals surface area (Å²) in [4.78, 5) is 39.5. The van der Waals surface area contributed by atoms with Gasteiger partial charge in [0.2, 0.25) is 11.8 Å². The quantitative estimate of drug-likeness (QED) is 0.371. The highest BCUT2D eigenvalue weighted by Crippen LogP contribution is 2.33. The number of carbonyl (C=O) groups is 3. The minimum atomic E-state index is -1.06. The van der Waals surface area contributed by atoms with Gasteiger partial charge in [-0.05, 0) is 23.3 Å². The summed E-state index contributed by atoms with van der Waals surface area (Å²) in [6.07, 6.45) is 2.74. The van der Waals surface area contributed by atoms with Crippen molar-refractivity contribution in [3.63, 3.8) is 0 Å². The van der Waals surface area contributed by atoms with Crippen LogP contribution in [0.5, 0.6) is 0 Å². The molecule has 0 radical (unpaired) electrons. The first-order valence-electron chi connectivity index (χ1n) is 10.2. The number of carboxylic acids is 1.